The molecule has 0 N–H and O–H groups in total. The number of fused-ring (bicyclic) bond motifs is 1. The summed E-state index contributed by atoms with van der Waals surface area (Å²) in [5.74, 6) is -0.291. The first kappa shape index (κ1) is 11.9. The number of esters is 1. The molecule has 94 valence electrons. The molecule has 0 atom stereocenters. The van der Waals surface area contributed by atoms with Gasteiger partial charge in [0, 0.05) is 10.4 Å². The van der Waals surface area contributed by atoms with Gasteiger partial charge in [-0.3, -0.25) is 0 Å². The van der Waals surface area contributed by atoms with E-state index in [4.69, 9.17) is 4.74 Å². The van der Waals surface area contributed by atoms with Crippen molar-refractivity contribution in [3.05, 3.63) is 59.5 Å². The van der Waals surface area contributed by atoms with Gasteiger partial charge < -0.3 is 4.74 Å². The highest BCUT2D eigenvalue weighted by molar-refractivity contribution is 7.13. The summed E-state index contributed by atoms with van der Waals surface area (Å²) in [5, 5.41) is 3.98. The van der Waals surface area contributed by atoms with Crippen molar-refractivity contribution >= 4 is 28.1 Å². The van der Waals surface area contributed by atoms with E-state index in [1.165, 1.54) is 7.11 Å². The maximum atomic E-state index is 12.1. The van der Waals surface area contributed by atoms with Gasteiger partial charge in [0.1, 0.15) is 0 Å². The minimum Gasteiger partial charge on any atom is -0.465 e. The third-order valence-electron chi connectivity index (χ3n) is 3.11. The molecule has 0 amide bonds. The average Bonchev–Trinajstić information content (AvgIpc) is 2.99. The number of ether oxygens (including phenoxy) is 1. The largest absolute Gasteiger partial charge is 0.465 e. The molecule has 0 saturated heterocycles. The molecule has 0 unspecified atom stereocenters. The lowest BCUT2D eigenvalue weighted by Gasteiger charge is -2.10. The molecule has 0 saturated carbocycles. The zero-order chi connectivity index (χ0) is 13.2. The molecule has 0 fully saturated rings. The molecule has 3 aromatic rings. The van der Waals surface area contributed by atoms with E-state index in [0.29, 0.717) is 5.56 Å². The van der Waals surface area contributed by atoms with Gasteiger partial charge in [-0.05, 0) is 22.2 Å². The van der Waals surface area contributed by atoms with E-state index in [1.807, 2.05) is 53.9 Å². The fourth-order valence-corrected chi connectivity index (χ4v) is 2.99. The van der Waals surface area contributed by atoms with Gasteiger partial charge in [0.2, 0.25) is 0 Å². The number of hydrogen-bond acceptors (Lipinski definition) is 3. The Labute approximate surface area is 115 Å². The van der Waals surface area contributed by atoms with Crippen LogP contribution in [-0.2, 0) is 4.74 Å². The maximum absolute atomic E-state index is 12.1. The molecule has 0 spiro atoms. The summed E-state index contributed by atoms with van der Waals surface area (Å²) >= 11 is 1.62. The Balaban J connectivity index is 2.36. The van der Waals surface area contributed by atoms with E-state index >= 15 is 0 Å². The van der Waals surface area contributed by atoms with Crippen LogP contribution in [0.15, 0.2) is 53.9 Å². The van der Waals surface area contributed by atoms with Crippen molar-refractivity contribution in [3.63, 3.8) is 0 Å². The van der Waals surface area contributed by atoms with Crippen LogP contribution in [0.25, 0.3) is 21.2 Å². The van der Waals surface area contributed by atoms with Crippen LogP contribution in [0.4, 0.5) is 0 Å². The summed E-state index contributed by atoms with van der Waals surface area (Å²) in [4.78, 5) is 13.2. The minimum absolute atomic E-state index is 0.291. The summed E-state index contributed by atoms with van der Waals surface area (Å²) < 4.78 is 4.95. The Morgan fingerprint density at radius 3 is 2.63 bits per heavy atom. The number of methoxy groups -OCH3 is 1. The molecule has 19 heavy (non-hydrogen) atoms. The van der Waals surface area contributed by atoms with Crippen LogP contribution in [0.3, 0.4) is 0 Å². The Morgan fingerprint density at radius 1 is 1.05 bits per heavy atom. The standard InChI is InChI=1S/C16H12O2S/c1-18-16(17)15-12-6-3-2-5-11(12)8-9-13(15)14-7-4-10-19-14/h2-10H,1H3. The Bertz CT molecular complexity index is 730. The van der Waals surface area contributed by atoms with Crippen LogP contribution in [-0.4, -0.2) is 13.1 Å². The molecule has 0 aliphatic carbocycles. The third kappa shape index (κ3) is 2.02. The van der Waals surface area contributed by atoms with Gasteiger partial charge in [-0.1, -0.05) is 42.5 Å². The van der Waals surface area contributed by atoms with E-state index in [1.54, 1.807) is 11.3 Å². The number of hydrogen-bond donors (Lipinski definition) is 0. The summed E-state index contributed by atoms with van der Waals surface area (Å²) in [5.41, 5.74) is 1.57. The van der Waals surface area contributed by atoms with Gasteiger partial charge in [-0.2, -0.15) is 0 Å². The number of benzene rings is 2. The zero-order valence-electron chi connectivity index (χ0n) is 10.4. The Hall–Kier alpha value is -2.13. The van der Waals surface area contributed by atoms with Gasteiger partial charge in [0.05, 0.1) is 12.7 Å². The maximum Gasteiger partial charge on any atom is 0.339 e. The van der Waals surface area contributed by atoms with Crippen molar-refractivity contribution in [2.24, 2.45) is 0 Å². The molecule has 1 aromatic heterocycles. The second kappa shape index (κ2) is 4.86. The molecule has 0 aliphatic heterocycles. The topological polar surface area (TPSA) is 26.3 Å². The lowest BCUT2D eigenvalue weighted by Crippen LogP contribution is -2.04. The van der Waals surface area contributed by atoms with Crippen LogP contribution >= 0.6 is 11.3 Å². The molecule has 0 aliphatic rings. The van der Waals surface area contributed by atoms with E-state index in [0.717, 1.165) is 21.2 Å². The highest BCUT2D eigenvalue weighted by Gasteiger charge is 2.17. The van der Waals surface area contributed by atoms with Crippen LogP contribution in [0, 0.1) is 0 Å². The van der Waals surface area contributed by atoms with Gasteiger partial charge in [0.15, 0.2) is 0 Å². The van der Waals surface area contributed by atoms with Crippen LogP contribution in [0.5, 0.6) is 0 Å². The predicted octanol–water partition coefficient (Wildman–Crippen LogP) is 4.35. The number of carbonyl (C=O) groups excluding carboxylic acids is 1. The quantitative estimate of drug-likeness (QED) is 0.646. The minimum atomic E-state index is -0.291. The normalized spacial score (nSPS) is 10.6. The van der Waals surface area contributed by atoms with Crippen molar-refractivity contribution in [1.29, 1.82) is 0 Å². The van der Waals surface area contributed by atoms with Gasteiger partial charge >= 0.3 is 5.97 Å². The van der Waals surface area contributed by atoms with Gasteiger partial charge in [-0.25, -0.2) is 4.79 Å². The summed E-state index contributed by atoms with van der Waals surface area (Å²) in [6.07, 6.45) is 0. The molecule has 0 radical (unpaired) electrons. The van der Waals surface area contributed by atoms with Crippen molar-refractivity contribution < 1.29 is 9.53 Å². The van der Waals surface area contributed by atoms with Crippen molar-refractivity contribution in [2.45, 2.75) is 0 Å². The molecule has 0 bridgehead atoms. The summed E-state index contributed by atoms with van der Waals surface area (Å²) in [6, 6.07) is 15.9. The first-order valence-electron chi connectivity index (χ1n) is 5.95. The Kier molecular flexibility index (Phi) is 3.05. The fourth-order valence-electron chi connectivity index (χ4n) is 2.23. The monoisotopic (exact) mass is 268 g/mol. The smallest absolute Gasteiger partial charge is 0.339 e. The molecular formula is C16H12O2S. The predicted molar refractivity (Wildman–Crippen MR) is 78.6 cm³/mol. The molecule has 1 heterocycles. The highest BCUT2D eigenvalue weighted by atomic mass is 32.1. The van der Waals surface area contributed by atoms with Crippen molar-refractivity contribution in [2.75, 3.05) is 7.11 Å². The lowest BCUT2D eigenvalue weighted by molar-refractivity contribution is 0.0604. The molecule has 3 heteroatoms. The van der Waals surface area contributed by atoms with Gasteiger partial charge in [0.25, 0.3) is 0 Å². The van der Waals surface area contributed by atoms with E-state index in [2.05, 4.69) is 0 Å². The van der Waals surface area contributed by atoms with Crippen LogP contribution in [0.2, 0.25) is 0 Å². The van der Waals surface area contributed by atoms with Crippen LogP contribution < -0.4 is 0 Å². The van der Waals surface area contributed by atoms with Crippen LogP contribution in [0.1, 0.15) is 10.4 Å². The SMILES string of the molecule is COC(=O)c1c(-c2cccs2)ccc2ccccc12. The van der Waals surface area contributed by atoms with Gasteiger partial charge in [-0.15, -0.1) is 11.3 Å². The number of thiophene rings is 1. The van der Waals surface area contributed by atoms with E-state index < -0.39 is 0 Å². The van der Waals surface area contributed by atoms with E-state index in [-0.39, 0.29) is 5.97 Å². The second-order valence-corrected chi connectivity index (χ2v) is 5.13. The summed E-state index contributed by atoms with van der Waals surface area (Å²) in [6.45, 7) is 0. The molecule has 2 nitrogen and oxygen atoms in total. The fraction of sp³-hybridized carbons (Fsp3) is 0.0625. The number of carbonyl (C=O) groups is 1. The molecule has 2 aromatic carbocycles. The second-order valence-electron chi connectivity index (χ2n) is 4.18. The molecular weight excluding hydrogens is 256 g/mol. The first-order valence-corrected chi connectivity index (χ1v) is 6.83. The highest BCUT2D eigenvalue weighted by Crippen LogP contribution is 2.33. The van der Waals surface area contributed by atoms with Crippen molar-refractivity contribution in [1.82, 2.24) is 0 Å². The van der Waals surface area contributed by atoms with Crippen molar-refractivity contribution in [3.8, 4) is 10.4 Å². The number of rotatable bonds is 2. The summed E-state index contributed by atoms with van der Waals surface area (Å²) in [7, 11) is 1.42. The average molecular weight is 268 g/mol. The zero-order valence-corrected chi connectivity index (χ0v) is 11.2. The lowest BCUT2D eigenvalue weighted by atomic mass is 9.98. The Morgan fingerprint density at radius 2 is 1.89 bits per heavy atom. The third-order valence-corrected chi connectivity index (χ3v) is 4.01. The molecule has 3 rings (SSSR count). The first-order chi connectivity index (χ1) is 9.31. The van der Waals surface area contributed by atoms with E-state index in [9.17, 15) is 4.79 Å².